The van der Waals surface area contributed by atoms with Crippen molar-refractivity contribution in [3.63, 3.8) is 0 Å². The Morgan fingerprint density at radius 3 is 2.62 bits per heavy atom. The molecule has 0 aromatic heterocycles. The van der Waals surface area contributed by atoms with Gasteiger partial charge in [0.15, 0.2) is 0 Å². The summed E-state index contributed by atoms with van der Waals surface area (Å²) in [5.41, 5.74) is 0.941. The smallest absolute Gasteiger partial charge is 0.142 e. The summed E-state index contributed by atoms with van der Waals surface area (Å²) in [4.78, 5) is 0. The van der Waals surface area contributed by atoms with Crippen LogP contribution in [0.4, 0.5) is 0 Å². The molecular formula is C11H15Cl2NO2. The molecule has 0 amide bonds. The van der Waals surface area contributed by atoms with Crippen LogP contribution in [0.25, 0.3) is 0 Å². The summed E-state index contributed by atoms with van der Waals surface area (Å²) in [6, 6.07) is 3.51. The summed E-state index contributed by atoms with van der Waals surface area (Å²) >= 11 is 12.0. The molecule has 0 atom stereocenters. The fraction of sp³-hybridized carbons (Fsp3) is 0.455. The Morgan fingerprint density at radius 2 is 2.00 bits per heavy atom. The van der Waals surface area contributed by atoms with Crippen molar-refractivity contribution in [2.24, 2.45) is 0 Å². The summed E-state index contributed by atoms with van der Waals surface area (Å²) in [6.45, 7) is 1.65. The van der Waals surface area contributed by atoms with Gasteiger partial charge < -0.3 is 14.8 Å². The maximum Gasteiger partial charge on any atom is 0.142 e. The largest absolute Gasteiger partial charge is 0.489 e. The van der Waals surface area contributed by atoms with Crippen LogP contribution in [0.2, 0.25) is 10.0 Å². The van der Waals surface area contributed by atoms with E-state index in [-0.39, 0.29) is 0 Å². The van der Waals surface area contributed by atoms with Crippen molar-refractivity contribution in [1.29, 1.82) is 0 Å². The third kappa shape index (κ3) is 3.83. The fourth-order valence-corrected chi connectivity index (χ4v) is 1.91. The summed E-state index contributed by atoms with van der Waals surface area (Å²) in [5.74, 6) is 0.664. The number of nitrogens with one attached hydrogen (secondary N) is 1. The average molecular weight is 264 g/mol. The number of ether oxygens (including phenoxy) is 2. The highest BCUT2D eigenvalue weighted by Gasteiger charge is 2.10. The summed E-state index contributed by atoms with van der Waals surface area (Å²) in [6.07, 6.45) is 0. The van der Waals surface area contributed by atoms with E-state index in [2.05, 4.69) is 5.32 Å². The van der Waals surface area contributed by atoms with E-state index in [0.717, 1.165) is 5.56 Å². The zero-order chi connectivity index (χ0) is 12.0. The minimum Gasteiger partial charge on any atom is -0.489 e. The van der Waals surface area contributed by atoms with E-state index < -0.39 is 0 Å². The van der Waals surface area contributed by atoms with Crippen molar-refractivity contribution in [1.82, 2.24) is 5.32 Å². The van der Waals surface area contributed by atoms with Crippen LogP contribution in [0, 0.1) is 0 Å². The standard InChI is InChI=1S/C11H15Cl2NO2/c1-14-7-8-5-9(12)6-10(13)11(8)16-4-3-15-2/h5-6,14H,3-4,7H2,1-2H3. The van der Waals surface area contributed by atoms with Gasteiger partial charge in [0.2, 0.25) is 0 Å². The first-order valence-electron chi connectivity index (χ1n) is 4.93. The van der Waals surface area contributed by atoms with Crippen LogP contribution in [0.1, 0.15) is 5.56 Å². The maximum atomic E-state index is 6.07. The van der Waals surface area contributed by atoms with Crippen LogP contribution in [0.5, 0.6) is 5.75 Å². The number of halogens is 2. The molecule has 5 heteroatoms. The second kappa shape index (κ2) is 6.97. The molecule has 0 aliphatic rings. The van der Waals surface area contributed by atoms with Gasteiger partial charge in [0.1, 0.15) is 12.4 Å². The van der Waals surface area contributed by atoms with Crippen LogP contribution >= 0.6 is 23.2 Å². The van der Waals surface area contributed by atoms with E-state index in [1.807, 2.05) is 13.1 Å². The molecule has 0 saturated heterocycles. The van der Waals surface area contributed by atoms with E-state index in [4.69, 9.17) is 32.7 Å². The summed E-state index contributed by atoms with van der Waals surface area (Å²) in [5, 5.41) is 4.17. The average Bonchev–Trinajstić information content (AvgIpc) is 2.22. The number of hydrogen-bond donors (Lipinski definition) is 1. The van der Waals surface area contributed by atoms with Crippen molar-refractivity contribution in [2.75, 3.05) is 27.4 Å². The number of methoxy groups -OCH3 is 1. The van der Waals surface area contributed by atoms with Gasteiger partial charge in [0.25, 0.3) is 0 Å². The van der Waals surface area contributed by atoms with E-state index >= 15 is 0 Å². The van der Waals surface area contributed by atoms with Crippen molar-refractivity contribution in [3.05, 3.63) is 27.7 Å². The van der Waals surface area contributed by atoms with Crippen molar-refractivity contribution >= 4 is 23.2 Å². The molecule has 0 radical (unpaired) electrons. The lowest BCUT2D eigenvalue weighted by molar-refractivity contribution is 0.146. The lowest BCUT2D eigenvalue weighted by Gasteiger charge is -2.13. The zero-order valence-electron chi connectivity index (χ0n) is 9.35. The number of benzene rings is 1. The molecule has 0 heterocycles. The Balaban J connectivity index is 2.85. The first kappa shape index (κ1) is 13.6. The molecule has 0 aliphatic carbocycles. The van der Waals surface area contributed by atoms with Crippen LogP contribution < -0.4 is 10.1 Å². The van der Waals surface area contributed by atoms with E-state index in [0.29, 0.717) is 35.6 Å². The Hall–Kier alpha value is -0.480. The van der Waals surface area contributed by atoms with Crippen molar-refractivity contribution in [3.8, 4) is 5.75 Å². The van der Waals surface area contributed by atoms with E-state index in [1.54, 1.807) is 13.2 Å². The minimum absolute atomic E-state index is 0.467. The van der Waals surface area contributed by atoms with E-state index in [1.165, 1.54) is 0 Å². The first-order chi connectivity index (χ1) is 7.69. The van der Waals surface area contributed by atoms with Crippen LogP contribution in [0.3, 0.4) is 0 Å². The van der Waals surface area contributed by atoms with Gasteiger partial charge in [-0.05, 0) is 19.2 Å². The lowest BCUT2D eigenvalue weighted by atomic mass is 10.2. The highest BCUT2D eigenvalue weighted by atomic mass is 35.5. The van der Waals surface area contributed by atoms with Crippen molar-refractivity contribution in [2.45, 2.75) is 6.54 Å². The van der Waals surface area contributed by atoms with Crippen LogP contribution in [0.15, 0.2) is 12.1 Å². The molecule has 1 N–H and O–H groups in total. The van der Waals surface area contributed by atoms with E-state index in [9.17, 15) is 0 Å². The van der Waals surface area contributed by atoms with Crippen LogP contribution in [-0.4, -0.2) is 27.4 Å². The Morgan fingerprint density at radius 1 is 1.25 bits per heavy atom. The quantitative estimate of drug-likeness (QED) is 0.801. The molecule has 16 heavy (non-hydrogen) atoms. The normalized spacial score (nSPS) is 10.5. The molecule has 0 saturated carbocycles. The van der Waals surface area contributed by atoms with Gasteiger partial charge in [-0.15, -0.1) is 0 Å². The molecular weight excluding hydrogens is 249 g/mol. The van der Waals surface area contributed by atoms with Gasteiger partial charge >= 0.3 is 0 Å². The fourth-order valence-electron chi connectivity index (χ4n) is 1.32. The highest BCUT2D eigenvalue weighted by Crippen LogP contribution is 2.32. The molecule has 90 valence electrons. The highest BCUT2D eigenvalue weighted by molar-refractivity contribution is 6.35. The van der Waals surface area contributed by atoms with Gasteiger partial charge in [-0.1, -0.05) is 23.2 Å². The third-order valence-corrected chi connectivity index (χ3v) is 2.49. The molecule has 0 fully saturated rings. The number of rotatable bonds is 6. The van der Waals surface area contributed by atoms with Gasteiger partial charge in [-0.2, -0.15) is 0 Å². The van der Waals surface area contributed by atoms with Gasteiger partial charge in [-0.3, -0.25) is 0 Å². The Bertz CT molecular complexity index is 345. The monoisotopic (exact) mass is 263 g/mol. The summed E-state index contributed by atoms with van der Waals surface area (Å²) < 4.78 is 10.5. The SMILES string of the molecule is CNCc1cc(Cl)cc(Cl)c1OCCOC. The number of hydrogen-bond acceptors (Lipinski definition) is 3. The second-order valence-corrected chi connectivity index (χ2v) is 4.09. The molecule has 0 bridgehead atoms. The van der Waals surface area contributed by atoms with Gasteiger partial charge in [-0.25, -0.2) is 0 Å². The van der Waals surface area contributed by atoms with Gasteiger partial charge in [0.05, 0.1) is 11.6 Å². The molecule has 0 aliphatic heterocycles. The molecule has 0 unspecified atom stereocenters. The topological polar surface area (TPSA) is 30.5 Å². The molecule has 1 aromatic carbocycles. The predicted octanol–water partition coefficient (Wildman–Crippen LogP) is 2.74. The van der Waals surface area contributed by atoms with Crippen LogP contribution in [-0.2, 0) is 11.3 Å². The minimum atomic E-state index is 0.467. The maximum absolute atomic E-state index is 6.07. The predicted molar refractivity (Wildman–Crippen MR) is 66.6 cm³/mol. The second-order valence-electron chi connectivity index (χ2n) is 3.25. The third-order valence-electron chi connectivity index (χ3n) is 1.99. The molecule has 1 rings (SSSR count). The first-order valence-corrected chi connectivity index (χ1v) is 5.69. The van der Waals surface area contributed by atoms with Gasteiger partial charge in [0, 0.05) is 24.2 Å². The molecule has 1 aromatic rings. The summed E-state index contributed by atoms with van der Waals surface area (Å²) in [7, 11) is 3.48. The molecule has 3 nitrogen and oxygen atoms in total. The zero-order valence-corrected chi connectivity index (χ0v) is 10.9. The molecule has 0 spiro atoms. The van der Waals surface area contributed by atoms with Crippen molar-refractivity contribution < 1.29 is 9.47 Å². The Labute approximate surface area is 106 Å². The lowest BCUT2D eigenvalue weighted by Crippen LogP contribution is -2.10. The Kier molecular flexibility index (Phi) is 5.91.